The van der Waals surface area contributed by atoms with Crippen LogP contribution in [0, 0.1) is 5.82 Å². The van der Waals surface area contributed by atoms with Crippen molar-refractivity contribution in [1.82, 2.24) is 9.88 Å². The number of amides is 1. The lowest BCUT2D eigenvalue weighted by Crippen LogP contribution is -2.28. The van der Waals surface area contributed by atoms with Crippen LogP contribution in [0.3, 0.4) is 0 Å². The van der Waals surface area contributed by atoms with E-state index in [1.165, 1.54) is 13.2 Å². The predicted molar refractivity (Wildman–Crippen MR) is 74.2 cm³/mol. The molecule has 1 heterocycles. The van der Waals surface area contributed by atoms with E-state index in [1.54, 1.807) is 42.1 Å². The number of aromatic nitrogens is 1. The first-order valence-electron chi connectivity index (χ1n) is 6.28. The summed E-state index contributed by atoms with van der Waals surface area (Å²) < 4.78 is 20.2. The molecule has 1 aromatic carbocycles. The predicted octanol–water partition coefficient (Wildman–Crippen LogP) is 2.66. The zero-order chi connectivity index (χ0) is 14.7. The molecule has 1 amide bonds. The first kappa shape index (κ1) is 14.1. The Morgan fingerprint density at radius 1 is 1.40 bits per heavy atom. The molecule has 5 heteroatoms. The number of nitrogens with one attached hydrogen (secondary N) is 1. The molecule has 0 bridgehead atoms. The van der Waals surface area contributed by atoms with Gasteiger partial charge in [-0.25, -0.2) is 4.39 Å². The highest BCUT2D eigenvalue weighted by Gasteiger charge is 2.15. The van der Waals surface area contributed by atoms with Crippen LogP contribution in [0.4, 0.5) is 4.39 Å². The normalized spacial score (nSPS) is 12.0. The summed E-state index contributed by atoms with van der Waals surface area (Å²) in [6, 6.07) is 7.89. The van der Waals surface area contributed by atoms with Gasteiger partial charge in [0.05, 0.1) is 13.2 Å². The van der Waals surface area contributed by atoms with Gasteiger partial charge in [0, 0.05) is 13.2 Å². The second-order valence-electron chi connectivity index (χ2n) is 4.59. The van der Waals surface area contributed by atoms with E-state index in [4.69, 9.17) is 4.74 Å². The minimum Gasteiger partial charge on any atom is -0.494 e. The van der Waals surface area contributed by atoms with E-state index in [2.05, 4.69) is 5.32 Å². The van der Waals surface area contributed by atoms with Crippen LogP contribution >= 0.6 is 0 Å². The van der Waals surface area contributed by atoms with Gasteiger partial charge in [0.1, 0.15) is 5.69 Å². The maximum Gasteiger partial charge on any atom is 0.268 e. The Bertz CT molecular complexity index is 622. The van der Waals surface area contributed by atoms with Crippen LogP contribution in [0.15, 0.2) is 36.5 Å². The summed E-state index contributed by atoms with van der Waals surface area (Å²) in [6.07, 6.45) is 1.80. The molecule has 0 radical (unpaired) electrons. The number of methoxy groups -OCH3 is 1. The average Bonchev–Trinajstić information content (AvgIpc) is 2.84. The fourth-order valence-corrected chi connectivity index (χ4v) is 2.00. The van der Waals surface area contributed by atoms with Crippen LogP contribution in [0.1, 0.15) is 29.0 Å². The Balaban J connectivity index is 2.12. The number of benzene rings is 1. The maximum atomic E-state index is 13.6. The Kier molecular flexibility index (Phi) is 4.08. The zero-order valence-electron chi connectivity index (χ0n) is 11.7. The summed E-state index contributed by atoms with van der Waals surface area (Å²) in [5.41, 5.74) is 1.25. The van der Waals surface area contributed by atoms with Crippen molar-refractivity contribution >= 4 is 5.91 Å². The van der Waals surface area contributed by atoms with Crippen LogP contribution in [0.5, 0.6) is 5.75 Å². The highest BCUT2D eigenvalue weighted by atomic mass is 19.1. The van der Waals surface area contributed by atoms with E-state index in [0.29, 0.717) is 11.3 Å². The van der Waals surface area contributed by atoms with Gasteiger partial charge in [-0.05, 0) is 36.8 Å². The molecule has 4 nitrogen and oxygen atoms in total. The van der Waals surface area contributed by atoms with Crippen molar-refractivity contribution in [3.05, 3.63) is 53.6 Å². The Labute approximate surface area is 117 Å². The number of carbonyl (C=O) groups excluding carboxylic acids is 1. The summed E-state index contributed by atoms with van der Waals surface area (Å²) >= 11 is 0. The van der Waals surface area contributed by atoms with Crippen molar-refractivity contribution in [3.63, 3.8) is 0 Å². The third-order valence-electron chi connectivity index (χ3n) is 3.20. The van der Waals surface area contributed by atoms with Gasteiger partial charge in [0.25, 0.3) is 5.91 Å². The van der Waals surface area contributed by atoms with Crippen LogP contribution in [-0.4, -0.2) is 17.6 Å². The molecule has 0 spiro atoms. The van der Waals surface area contributed by atoms with Crippen molar-refractivity contribution in [2.75, 3.05) is 7.11 Å². The standard InChI is InChI=1S/C15H17FN2O2/c1-10(11-6-7-14(20-3)12(16)9-11)17-15(19)13-5-4-8-18(13)2/h4-10H,1-3H3,(H,17,19). The number of hydrogen-bond donors (Lipinski definition) is 1. The van der Waals surface area contributed by atoms with Crippen LogP contribution in [-0.2, 0) is 7.05 Å². The number of ether oxygens (including phenoxy) is 1. The molecule has 0 aliphatic carbocycles. The van der Waals surface area contributed by atoms with Crippen molar-refractivity contribution in [3.8, 4) is 5.75 Å². The molecule has 1 atom stereocenters. The van der Waals surface area contributed by atoms with Gasteiger partial charge in [-0.1, -0.05) is 6.07 Å². The first-order chi connectivity index (χ1) is 9.52. The van der Waals surface area contributed by atoms with Gasteiger partial charge in [-0.3, -0.25) is 4.79 Å². The van der Waals surface area contributed by atoms with Crippen molar-refractivity contribution in [2.24, 2.45) is 7.05 Å². The zero-order valence-corrected chi connectivity index (χ0v) is 11.7. The van der Waals surface area contributed by atoms with Crippen molar-refractivity contribution < 1.29 is 13.9 Å². The van der Waals surface area contributed by atoms with E-state index in [9.17, 15) is 9.18 Å². The summed E-state index contributed by atoms with van der Waals surface area (Å²) in [5, 5.41) is 2.84. The molecule has 106 valence electrons. The summed E-state index contributed by atoms with van der Waals surface area (Å²) in [7, 11) is 3.21. The fourth-order valence-electron chi connectivity index (χ4n) is 2.00. The van der Waals surface area contributed by atoms with E-state index in [1.807, 2.05) is 6.92 Å². The molecule has 1 aromatic heterocycles. The van der Waals surface area contributed by atoms with Gasteiger partial charge in [-0.15, -0.1) is 0 Å². The number of halogens is 1. The maximum absolute atomic E-state index is 13.6. The van der Waals surface area contributed by atoms with E-state index in [0.717, 1.165) is 0 Å². The minimum atomic E-state index is -0.440. The smallest absolute Gasteiger partial charge is 0.268 e. The molecule has 1 unspecified atom stereocenters. The van der Waals surface area contributed by atoms with E-state index >= 15 is 0 Å². The Morgan fingerprint density at radius 3 is 2.70 bits per heavy atom. The molecule has 20 heavy (non-hydrogen) atoms. The number of rotatable bonds is 4. The molecule has 1 N–H and O–H groups in total. The van der Waals surface area contributed by atoms with E-state index in [-0.39, 0.29) is 17.7 Å². The molecule has 0 fully saturated rings. The quantitative estimate of drug-likeness (QED) is 0.933. The minimum absolute atomic E-state index is 0.190. The van der Waals surface area contributed by atoms with Gasteiger partial charge in [0.15, 0.2) is 11.6 Å². The first-order valence-corrected chi connectivity index (χ1v) is 6.28. The lowest BCUT2D eigenvalue weighted by Gasteiger charge is -2.15. The van der Waals surface area contributed by atoms with Crippen LogP contribution in [0.2, 0.25) is 0 Å². The second kappa shape index (κ2) is 5.77. The molecular weight excluding hydrogens is 259 g/mol. The molecule has 0 saturated carbocycles. The SMILES string of the molecule is COc1ccc(C(C)NC(=O)c2cccn2C)cc1F. The molecular formula is C15H17FN2O2. The molecule has 0 aliphatic rings. The highest BCUT2D eigenvalue weighted by Crippen LogP contribution is 2.21. The second-order valence-corrected chi connectivity index (χ2v) is 4.59. The fraction of sp³-hybridized carbons (Fsp3) is 0.267. The summed E-state index contributed by atoms with van der Waals surface area (Å²) in [6.45, 7) is 1.81. The van der Waals surface area contributed by atoms with Crippen LogP contribution in [0.25, 0.3) is 0 Å². The largest absolute Gasteiger partial charge is 0.494 e. The van der Waals surface area contributed by atoms with Gasteiger partial charge in [-0.2, -0.15) is 0 Å². The molecule has 2 aromatic rings. The number of aryl methyl sites for hydroxylation is 1. The highest BCUT2D eigenvalue weighted by molar-refractivity contribution is 5.92. The van der Waals surface area contributed by atoms with Gasteiger partial charge >= 0.3 is 0 Å². The lowest BCUT2D eigenvalue weighted by atomic mass is 10.1. The third kappa shape index (κ3) is 2.82. The molecule has 0 aliphatic heterocycles. The number of nitrogens with zero attached hydrogens (tertiary/aromatic N) is 1. The number of hydrogen-bond acceptors (Lipinski definition) is 2. The Hall–Kier alpha value is -2.30. The Morgan fingerprint density at radius 2 is 2.15 bits per heavy atom. The number of carbonyl (C=O) groups is 1. The van der Waals surface area contributed by atoms with Gasteiger partial charge in [0.2, 0.25) is 0 Å². The topological polar surface area (TPSA) is 43.3 Å². The summed E-state index contributed by atoms with van der Waals surface area (Å²) in [4.78, 5) is 12.1. The molecule has 2 rings (SSSR count). The molecule has 0 saturated heterocycles. The lowest BCUT2D eigenvalue weighted by molar-refractivity contribution is 0.0931. The van der Waals surface area contributed by atoms with Crippen molar-refractivity contribution in [2.45, 2.75) is 13.0 Å². The summed E-state index contributed by atoms with van der Waals surface area (Å²) in [5.74, 6) is -0.444. The van der Waals surface area contributed by atoms with Crippen molar-refractivity contribution in [1.29, 1.82) is 0 Å². The third-order valence-corrected chi connectivity index (χ3v) is 3.20. The van der Waals surface area contributed by atoms with Crippen LogP contribution < -0.4 is 10.1 Å². The van der Waals surface area contributed by atoms with Gasteiger partial charge < -0.3 is 14.6 Å². The monoisotopic (exact) mass is 276 g/mol. The van der Waals surface area contributed by atoms with E-state index < -0.39 is 5.82 Å². The average molecular weight is 276 g/mol.